The standard InChI is InChI=1S/C21H21NO2/c23-21(22-9-11-24-12-10-22)19-13-18-14-5-1-3-7-16(14)20(19)17-8-4-2-6-15(17)18/h1-8,18-20H,9-13H2. The van der Waals surface area contributed by atoms with Gasteiger partial charge in [0.15, 0.2) is 0 Å². The molecular formula is C21H21NO2. The highest BCUT2D eigenvalue weighted by molar-refractivity contribution is 5.82. The molecule has 0 N–H and O–H groups in total. The Kier molecular flexibility index (Phi) is 3.23. The Morgan fingerprint density at radius 1 is 0.875 bits per heavy atom. The van der Waals surface area contributed by atoms with Crippen molar-refractivity contribution < 1.29 is 9.53 Å². The molecule has 3 heteroatoms. The Labute approximate surface area is 142 Å². The fraction of sp³-hybridized carbons (Fsp3) is 0.381. The second kappa shape index (κ2) is 5.45. The van der Waals surface area contributed by atoms with Gasteiger partial charge in [0.05, 0.1) is 13.2 Å². The molecule has 0 radical (unpaired) electrons. The lowest BCUT2D eigenvalue weighted by Gasteiger charge is -2.46. The normalized spacial score (nSPS) is 27.5. The minimum Gasteiger partial charge on any atom is -0.378 e. The van der Waals surface area contributed by atoms with Gasteiger partial charge in [-0.1, -0.05) is 48.5 Å². The zero-order valence-corrected chi connectivity index (χ0v) is 13.7. The van der Waals surface area contributed by atoms with Crippen molar-refractivity contribution in [3.8, 4) is 0 Å². The molecular weight excluding hydrogens is 298 g/mol. The monoisotopic (exact) mass is 319 g/mol. The van der Waals surface area contributed by atoms with Gasteiger partial charge in [-0.05, 0) is 28.7 Å². The second-order valence-corrected chi connectivity index (χ2v) is 7.07. The van der Waals surface area contributed by atoms with Crippen molar-refractivity contribution in [3.05, 3.63) is 70.8 Å². The van der Waals surface area contributed by atoms with Crippen molar-refractivity contribution >= 4 is 5.91 Å². The summed E-state index contributed by atoms with van der Waals surface area (Å²) in [5, 5.41) is 0. The summed E-state index contributed by atoms with van der Waals surface area (Å²) < 4.78 is 5.42. The molecule has 122 valence electrons. The van der Waals surface area contributed by atoms with E-state index in [0.717, 1.165) is 19.5 Å². The van der Waals surface area contributed by atoms with Gasteiger partial charge in [0.25, 0.3) is 0 Å². The number of benzene rings is 2. The molecule has 2 aromatic carbocycles. The molecule has 1 amide bonds. The van der Waals surface area contributed by atoms with E-state index < -0.39 is 0 Å². The summed E-state index contributed by atoms with van der Waals surface area (Å²) in [4.78, 5) is 15.2. The molecule has 1 fully saturated rings. The SMILES string of the molecule is O=C(C1CC2c3ccccc3C1c1ccccc12)N1CCOCC1. The van der Waals surface area contributed by atoms with Crippen LogP contribution in [0.5, 0.6) is 0 Å². The number of fused-ring (bicyclic) bond motifs is 1. The number of hydrogen-bond acceptors (Lipinski definition) is 2. The van der Waals surface area contributed by atoms with Gasteiger partial charge in [0, 0.05) is 30.8 Å². The smallest absolute Gasteiger partial charge is 0.226 e. The van der Waals surface area contributed by atoms with E-state index in [4.69, 9.17) is 4.74 Å². The molecule has 3 aliphatic carbocycles. The molecule has 1 unspecified atom stereocenters. The third kappa shape index (κ3) is 1.97. The van der Waals surface area contributed by atoms with E-state index in [2.05, 4.69) is 48.5 Å². The van der Waals surface area contributed by atoms with E-state index in [-0.39, 0.29) is 11.8 Å². The molecule has 0 saturated carbocycles. The third-order valence-electron chi connectivity index (χ3n) is 5.94. The van der Waals surface area contributed by atoms with Gasteiger partial charge < -0.3 is 9.64 Å². The van der Waals surface area contributed by atoms with Gasteiger partial charge in [-0.15, -0.1) is 0 Å². The first kappa shape index (κ1) is 14.2. The van der Waals surface area contributed by atoms with Gasteiger partial charge in [0.1, 0.15) is 0 Å². The maximum Gasteiger partial charge on any atom is 0.226 e. The number of amides is 1. The van der Waals surface area contributed by atoms with E-state index in [1.807, 2.05) is 4.90 Å². The molecule has 1 saturated heterocycles. The highest BCUT2D eigenvalue weighted by Gasteiger charge is 2.46. The molecule has 1 aliphatic heterocycles. The Hall–Kier alpha value is -2.13. The minimum atomic E-state index is 0.0675. The quantitative estimate of drug-likeness (QED) is 0.808. The largest absolute Gasteiger partial charge is 0.378 e. The van der Waals surface area contributed by atoms with Crippen molar-refractivity contribution in [3.63, 3.8) is 0 Å². The number of rotatable bonds is 1. The van der Waals surface area contributed by atoms with Crippen LogP contribution in [0.3, 0.4) is 0 Å². The van der Waals surface area contributed by atoms with Crippen LogP contribution in [0.2, 0.25) is 0 Å². The number of ether oxygens (including phenoxy) is 1. The zero-order valence-electron chi connectivity index (χ0n) is 13.7. The maximum atomic E-state index is 13.2. The van der Waals surface area contributed by atoms with E-state index in [1.54, 1.807) is 0 Å². The lowest BCUT2D eigenvalue weighted by Crippen LogP contribution is -2.47. The van der Waals surface area contributed by atoms with Crippen LogP contribution in [0, 0.1) is 5.92 Å². The Bertz CT molecular complexity index is 746. The predicted octanol–water partition coefficient (Wildman–Crippen LogP) is 3.14. The average Bonchev–Trinajstić information content (AvgIpc) is 2.68. The fourth-order valence-electron chi connectivity index (χ4n) is 4.90. The second-order valence-electron chi connectivity index (χ2n) is 7.07. The summed E-state index contributed by atoms with van der Waals surface area (Å²) in [7, 11) is 0. The molecule has 0 spiro atoms. The van der Waals surface area contributed by atoms with E-state index in [0.29, 0.717) is 25.0 Å². The number of carbonyl (C=O) groups is 1. The van der Waals surface area contributed by atoms with Crippen molar-refractivity contribution in [1.29, 1.82) is 0 Å². The molecule has 3 nitrogen and oxygen atoms in total. The summed E-state index contributed by atoms with van der Waals surface area (Å²) in [6, 6.07) is 17.4. The van der Waals surface area contributed by atoms with Crippen molar-refractivity contribution in [2.24, 2.45) is 5.92 Å². The predicted molar refractivity (Wildman–Crippen MR) is 92.1 cm³/mol. The van der Waals surface area contributed by atoms with Gasteiger partial charge in [-0.3, -0.25) is 4.79 Å². The first-order valence-corrected chi connectivity index (χ1v) is 8.89. The molecule has 4 aliphatic rings. The highest BCUT2D eigenvalue weighted by atomic mass is 16.5. The molecule has 6 rings (SSSR count). The van der Waals surface area contributed by atoms with Crippen LogP contribution in [0.1, 0.15) is 40.5 Å². The lowest BCUT2D eigenvalue weighted by molar-refractivity contribution is -0.140. The summed E-state index contributed by atoms with van der Waals surface area (Å²) in [6.07, 6.45) is 0.939. The summed E-state index contributed by atoms with van der Waals surface area (Å²) >= 11 is 0. The van der Waals surface area contributed by atoms with Crippen LogP contribution in [0.4, 0.5) is 0 Å². The van der Waals surface area contributed by atoms with Gasteiger partial charge in [-0.2, -0.15) is 0 Å². The maximum absolute atomic E-state index is 13.2. The van der Waals surface area contributed by atoms with Crippen molar-refractivity contribution in [2.75, 3.05) is 26.3 Å². The molecule has 2 aromatic rings. The van der Waals surface area contributed by atoms with Crippen LogP contribution in [0.25, 0.3) is 0 Å². The summed E-state index contributed by atoms with van der Waals surface area (Å²) in [6.45, 7) is 2.80. The first-order chi connectivity index (χ1) is 11.8. The fourth-order valence-corrected chi connectivity index (χ4v) is 4.90. The summed E-state index contributed by atoms with van der Waals surface area (Å²) in [5.74, 6) is 0.949. The molecule has 2 bridgehead atoms. The van der Waals surface area contributed by atoms with E-state index in [1.165, 1.54) is 22.3 Å². The van der Waals surface area contributed by atoms with Crippen LogP contribution < -0.4 is 0 Å². The molecule has 1 atom stereocenters. The molecule has 0 aromatic heterocycles. The Balaban J connectivity index is 1.59. The number of morpholine rings is 1. The van der Waals surface area contributed by atoms with Gasteiger partial charge in [-0.25, -0.2) is 0 Å². The molecule has 1 heterocycles. The average molecular weight is 319 g/mol. The Morgan fingerprint density at radius 3 is 2.00 bits per heavy atom. The van der Waals surface area contributed by atoms with Crippen LogP contribution in [-0.2, 0) is 9.53 Å². The minimum absolute atomic E-state index is 0.0675. The first-order valence-electron chi connectivity index (χ1n) is 8.89. The topological polar surface area (TPSA) is 29.5 Å². The third-order valence-corrected chi connectivity index (χ3v) is 5.94. The van der Waals surface area contributed by atoms with Crippen molar-refractivity contribution in [1.82, 2.24) is 4.90 Å². The molecule has 24 heavy (non-hydrogen) atoms. The highest BCUT2D eigenvalue weighted by Crippen LogP contribution is 2.55. The van der Waals surface area contributed by atoms with Crippen molar-refractivity contribution in [2.45, 2.75) is 18.3 Å². The zero-order chi connectivity index (χ0) is 16.1. The summed E-state index contributed by atoms with van der Waals surface area (Å²) in [5.41, 5.74) is 5.57. The van der Waals surface area contributed by atoms with E-state index >= 15 is 0 Å². The van der Waals surface area contributed by atoms with E-state index in [9.17, 15) is 4.79 Å². The van der Waals surface area contributed by atoms with Gasteiger partial charge >= 0.3 is 0 Å². The van der Waals surface area contributed by atoms with Gasteiger partial charge in [0.2, 0.25) is 5.91 Å². The van der Waals surface area contributed by atoms with Crippen LogP contribution in [-0.4, -0.2) is 37.1 Å². The Morgan fingerprint density at radius 2 is 1.42 bits per heavy atom. The number of nitrogens with zero attached hydrogens (tertiary/aromatic N) is 1. The number of carbonyl (C=O) groups excluding carboxylic acids is 1. The lowest BCUT2D eigenvalue weighted by atomic mass is 9.59. The van der Waals surface area contributed by atoms with Crippen LogP contribution >= 0.6 is 0 Å². The number of hydrogen-bond donors (Lipinski definition) is 0. The van der Waals surface area contributed by atoms with Crippen LogP contribution in [0.15, 0.2) is 48.5 Å².